The molecular formula is C18H16BrN3S. The SMILES string of the molecule is Brc1cccc(-c2nn3c(c2-c2ccncc2)SCCCC3)c1. The number of thioether (sulfide) groups is 1. The molecule has 0 saturated heterocycles. The van der Waals surface area contributed by atoms with Crippen molar-refractivity contribution in [3.63, 3.8) is 0 Å². The predicted molar refractivity (Wildman–Crippen MR) is 98.6 cm³/mol. The molecule has 5 heteroatoms. The Morgan fingerprint density at radius 3 is 2.74 bits per heavy atom. The first-order valence-electron chi connectivity index (χ1n) is 7.73. The maximum atomic E-state index is 4.95. The first-order valence-corrected chi connectivity index (χ1v) is 9.51. The van der Waals surface area contributed by atoms with Crippen LogP contribution in [0, 0.1) is 0 Å². The molecule has 0 bridgehead atoms. The molecule has 0 radical (unpaired) electrons. The number of pyridine rings is 1. The van der Waals surface area contributed by atoms with Gasteiger partial charge in [0.05, 0.1) is 0 Å². The highest BCUT2D eigenvalue weighted by Crippen LogP contribution is 2.41. The summed E-state index contributed by atoms with van der Waals surface area (Å²) in [6.45, 7) is 0.994. The molecule has 1 aliphatic heterocycles. The number of fused-ring (bicyclic) bond motifs is 1. The van der Waals surface area contributed by atoms with Crippen LogP contribution >= 0.6 is 27.7 Å². The lowest BCUT2D eigenvalue weighted by Crippen LogP contribution is -1.99. The predicted octanol–water partition coefficient (Wildman–Crippen LogP) is 5.26. The van der Waals surface area contributed by atoms with E-state index in [-0.39, 0.29) is 0 Å². The second kappa shape index (κ2) is 6.49. The molecule has 0 fully saturated rings. The van der Waals surface area contributed by atoms with Gasteiger partial charge in [-0.1, -0.05) is 28.1 Å². The van der Waals surface area contributed by atoms with Crippen molar-refractivity contribution in [1.29, 1.82) is 0 Å². The third kappa shape index (κ3) is 2.95. The summed E-state index contributed by atoms with van der Waals surface area (Å²) < 4.78 is 3.26. The summed E-state index contributed by atoms with van der Waals surface area (Å²) in [5.74, 6) is 1.15. The molecule has 3 heterocycles. The average Bonchev–Trinajstić information content (AvgIpc) is 2.79. The topological polar surface area (TPSA) is 30.7 Å². The van der Waals surface area contributed by atoms with Crippen molar-refractivity contribution in [2.45, 2.75) is 24.4 Å². The Balaban J connectivity index is 1.95. The molecule has 1 aromatic carbocycles. The zero-order valence-electron chi connectivity index (χ0n) is 12.6. The number of aromatic nitrogens is 3. The molecule has 23 heavy (non-hydrogen) atoms. The van der Waals surface area contributed by atoms with Crippen molar-refractivity contribution < 1.29 is 0 Å². The van der Waals surface area contributed by atoms with Crippen LogP contribution in [-0.4, -0.2) is 20.5 Å². The first kappa shape index (κ1) is 15.0. The zero-order valence-corrected chi connectivity index (χ0v) is 15.0. The van der Waals surface area contributed by atoms with Gasteiger partial charge in [0, 0.05) is 34.5 Å². The molecular weight excluding hydrogens is 370 g/mol. The van der Waals surface area contributed by atoms with Gasteiger partial charge >= 0.3 is 0 Å². The van der Waals surface area contributed by atoms with Crippen LogP contribution in [0.2, 0.25) is 0 Å². The third-order valence-corrected chi connectivity index (χ3v) is 5.65. The van der Waals surface area contributed by atoms with Crippen LogP contribution in [0.5, 0.6) is 0 Å². The molecule has 0 aliphatic carbocycles. The molecule has 0 atom stereocenters. The van der Waals surface area contributed by atoms with Crippen LogP contribution in [0.3, 0.4) is 0 Å². The zero-order chi connectivity index (χ0) is 15.6. The lowest BCUT2D eigenvalue weighted by Gasteiger charge is -2.06. The number of aryl methyl sites for hydroxylation is 1. The van der Waals surface area contributed by atoms with Gasteiger partial charge in [0.1, 0.15) is 10.7 Å². The molecule has 0 saturated carbocycles. The van der Waals surface area contributed by atoms with E-state index in [4.69, 9.17) is 5.10 Å². The quantitative estimate of drug-likeness (QED) is 0.602. The Kier molecular flexibility index (Phi) is 4.23. The first-order chi connectivity index (χ1) is 11.3. The Morgan fingerprint density at radius 1 is 1.04 bits per heavy atom. The largest absolute Gasteiger partial charge is 0.265 e. The van der Waals surface area contributed by atoms with E-state index in [0.717, 1.165) is 28.0 Å². The molecule has 0 unspecified atom stereocenters. The molecule has 0 spiro atoms. The van der Waals surface area contributed by atoms with Gasteiger partial charge in [0.2, 0.25) is 0 Å². The van der Waals surface area contributed by atoms with Crippen LogP contribution in [0.15, 0.2) is 58.3 Å². The summed E-state index contributed by atoms with van der Waals surface area (Å²) in [6, 6.07) is 12.5. The summed E-state index contributed by atoms with van der Waals surface area (Å²) in [5.41, 5.74) is 4.62. The van der Waals surface area contributed by atoms with Crippen LogP contribution in [-0.2, 0) is 6.54 Å². The van der Waals surface area contributed by atoms with Gasteiger partial charge in [0.15, 0.2) is 0 Å². The lowest BCUT2D eigenvalue weighted by molar-refractivity contribution is 0.547. The Hall–Kier alpha value is -1.59. The van der Waals surface area contributed by atoms with Crippen LogP contribution in [0.4, 0.5) is 0 Å². The fourth-order valence-corrected chi connectivity index (χ4v) is 4.47. The Morgan fingerprint density at radius 2 is 1.91 bits per heavy atom. The van der Waals surface area contributed by atoms with Crippen molar-refractivity contribution >= 4 is 27.7 Å². The molecule has 4 rings (SSSR count). The van der Waals surface area contributed by atoms with E-state index in [1.54, 1.807) is 0 Å². The minimum atomic E-state index is 0.994. The summed E-state index contributed by atoms with van der Waals surface area (Å²) in [7, 11) is 0. The van der Waals surface area contributed by atoms with E-state index < -0.39 is 0 Å². The number of hydrogen-bond donors (Lipinski definition) is 0. The molecule has 1 aliphatic rings. The van der Waals surface area contributed by atoms with Crippen LogP contribution < -0.4 is 0 Å². The monoisotopic (exact) mass is 385 g/mol. The summed E-state index contributed by atoms with van der Waals surface area (Å²) in [5, 5.41) is 6.23. The third-order valence-electron chi connectivity index (χ3n) is 3.98. The van der Waals surface area contributed by atoms with Gasteiger partial charge in [-0.2, -0.15) is 5.10 Å². The second-order valence-corrected chi connectivity index (χ2v) is 7.55. The number of nitrogens with zero attached hydrogens (tertiary/aromatic N) is 3. The van der Waals surface area contributed by atoms with Crippen LogP contribution in [0.25, 0.3) is 22.4 Å². The van der Waals surface area contributed by atoms with Gasteiger partial charge in [0.25, 0.3) is 0 Å². The molecule has 116 valence electrons. The fraction of sp³-hybridized carbons (Fsp3) is 0.222. The second-order valence-electron chi connectivity index (χ2n) is 5.55. The standard InChI is InChI=1S/C18H16BrN3S/c19-15-5-3-4-14(12-15)17-16(13-6-8-20-9-7-13)18-22(21-17)10-1-2-11-23-18/h3-9,12H,1-2,10-11H2. The summed E-state index contributed by atoms with van der Waals surface area (Å²) in [6.07, 6.45) is 6.14. The lowest BCUT2D eigenvalue weighted by atomic mass is 10.0. The van der Waals surface area contributed by atoms with E-state index >= 15 is 0 Å². The highest BCUT2D eigenvalue weighted by atomic mass is 79.9. The van der Waals surface area contributed by atoms with Gasteiger partial charge in [-0.25, -0.2) is 0 Å². The van der Waals surface area contributed by atoms with Crippen molar-refractivity contribution in [3.8, 4) is 22.4 Å². The smallest absolute Gasteiger partial charge is 0.102 e. The maximum Gasteiger partial charge on any atom is 0.102 e. The number of hydrogen-bond acceptors (Lipinski definition) is 3. The van der Waals surface area contributed by atoms with Gasteiger partial charge in [-0.15, -0.1) is 11.8 Å². The van der Waals surface area contributed by atoms with Gasteiger partial charge in [-0.3, -0.25) is 9.67 Å². The van der Waals surface area contributed by atoms with Gasteiger partial charge in [-0.05, 0) is 48.4 Å². The minimum absolute atomic E-state index is 0.994. The number of rotatable bonds is 2. The van der Waals surface area contributed by atoms with E-state index in [0.29, 0.717) is 0 Å². The average molecular weight is 386 g/mol. The number of benzene rings is 1. The summed E-state index contributed by atoms with van der Waals surface area (Å²) >= 11 is 5.49. The Labute approximate surface area is 148 Å². The minimum Gasteiger partial charge on any atom is -0.265 e. The Bertz CT molecular complexity index is 830. The highest BCUT2D eigenvalue weighted by molar-refractivity contribution is 9.10. The van der Waals surface area contributed by atoms with Gasteiger partial charge < -0.3 is 0 Å². The summed E-state index contributed by atoms with van der Waals surface area (Å²) in [4.78, 5) is 4.16. The molecule has 0 N–H and O–H groups in total. The van der Waals surface area contributed by atoms with Crippen LogP contribution in [0.1, 0.15) is 12.8 Å². The fourth-order valence-electron chi connectivity index (χ4n) is 2.89. The van der Waals surface area contributed by atoms with E-state index in [1.165, 1.54) is 29.0 Å². The van der Waals surface area contributed by atoms with E-state index in [9.17, 15) is 0 Å². The van der Waals surface area contributed by atoms with Crippen molar-refractivity contribution in [2.75, 3.05) is 5.75 Å². The maximum absolute atomic E-state index is 4.95. The highest BCUT2D eigenvalue weighted by Gasteiger charge is 2.22. The molecule has 0 amide bonds. The van der Waals surface area contributed by atoms with E-state index in [1.807, 2.05) is 30.2 Å². The number of halogens is 1. The molecule has 3 nitrogen and oxygen atoms in total. The van der Waals surface area contributed by atoms with Crippen molar-refractivity contribution in [1.82, 2.24) is 14.8 Å². The molecule has 3 aromatic rings. The van der Waals surface area contributed by atoms with Crippen molar-refractivity contribution in [2.24, 2.45) is 0 Å². The normalized spacial score (nSPS) is 14.3. The molecule has 2 aromatic heterocycles. The van der Waals surface area contributed by atoms with Crippen molar-refractivity contribution in [3.05, 3.63) is 53.3 Å². The van der Waals surface area contributed by atoms with E-state index in [2.05, 4.69) is 55.9 Å².